The summed E-state index contributed by atoms with van der Waals surface area (Å²) in [5.41, 5.74) is 0. The quantitative estimate of drug-likeness (QED) is 0.204. The Morgan fingerprint density at radius 1 is 0.361 bits per heavy atom. The molecule has 1 N–H and O–H groups in total. The lowest BCUT2D eigenvalue weighted by Crippen LogP contribution is -2.72. The third kappa shape index (κ3) is 8.23. The van der Waals surface area contributed by atoms with Gasteiger partial charge < -0.3 is 9.11 Å². The molecule has 0 aliphatic carbocycles. The lowest BCUT2D eigenvalue weighted by Gasteiger charge is -2.55. The zero-order valence-electron chi connectivity index (χ0n) is 15.0. The van der Waals surface area contributed by atoms with Crippen LogP contribution in [0.1, 0.15) is 0 Å². The van der Waals surface area contributed by atoms with Gasteiger partial charge in [-0.15, -0.1) is 0 Å². The Morgan fingerprint density at radius 3 is 0.528 bits per heavy atom. The van der Waals surface area contributed by atoms with E-state index in [1.54, 1.807) is 0 Å². The van der Waals surface area contributed by atoms with Crippen LogP contribution in [0.25, 0.3) is 0 Å². The summed E-state index contributed by atoms with van der Waals surface area (Å²) in [6.07, 6.45) is 0. The lowest BCUT2D eigenvalue weighted by molar-refractivity contribution is 0.436. The Morgan fingerprint density at radius 2 is 0.444 bits per heavy atom. The molecule has 3 nitrogen and oxygen atoms in total. The van der Waals surface area contributed by atoms with E-state index >= 15 is 0 Å². The molecule has 0 aliphatic heterocycles. The van der Waals surface area contributed by atoms with Crippen LogP contribution < -0.4 is 0 Å². The molecule has 0 heterocycles. The third-order valence-electron chi connectivity index (χ3n) is 3.47. The molecule has 0 saturated carbocycles. The Labute approximate surface area is 317 Å². The molecule has 0 spiro atoms. The van der Waals surface area contributed by atoms with Crippen molar-refractivity contribution >= 4 is 267 Å². The molecule has 0 saturated heterocycles. The van der Waals surface area contributed by atoms with E-state index in [-0.39, 0.29) is 0 Å². The normalized spacial score (nSPS) is 16.9. The van der Waals surface area contributed by atoms with Crippen LogP contribution in [0.3, 0.4) is 0 Å². The molecule has 220 valence electrons. The van der Waals surface area contributed by atoms with Crippen LogP contribution >= 0.6 is 255 Å². The van der Waals surface area contributed by atoms with Crippen LogP contribution in [0.2, 0.25) is 0 Å². The predicted molar refractivity (Wildman–Crippen MR) is 168 cm³/mol. The van der Waals surface area contributed by atoms with Gasteiger partial charge in [0.1, 0.15) is 0 Å². The maximum Gasteiger partial charge on any atom is 0.226 e. The smallest absolute Gasteiger partial charge is 0.226 e. The van der Waals surface area contributed by atoms with E-state index in [1.165, 1.54) is 0 Å². The highest BCUT2D eigenvalue weighted by atomic mass is 35.6. The van der Waals surface area contributed by atoms with Gasteiger partial charge in [0.15, 0.2) is 26.0 Å². The first-order valence-corrected chi connectivity index (χ1v) is 16.3. The van der Waals surface area contributed by atoms with Gasteiger partial charge in [0.25, 0.3) is 0 Å². The first-order chi connectivity index (χ1) is 15.0. The van der Waals surface area contributed by atoms with Crippen LogP contribution in [0.15, 0.2) is 0 Å². The molecule has 0 rings (SSSR count). The second kappa shape index (κ2) is 14.1. The van der Waals surface area contributed by atoms with Gasteiger partial charge in [-0.3, -0.25) is 0 Å². The van der Waals surface area contributed by atoms with Crippen molar-refractivity contribution in [3.63, 3.8) is 0 Å². The number of halogens is 22. The summed E-state index contributed by atoms with van der Waals surface area (Å²) in [5, 5.41) is 0. The third-order valence-corrected chi connectivity index (χ3v) is 18.1. The highest BCUT2D eigenvalue weighted by molar-refractivity contribution is 7.73. The molecular formula is C10HCl22O3S-. The fraction of sp³-hybridized carbons (Fsp3) is 1.00. The van der Waals surface area contributed by atoms with Gasteiger partial charge >= 0.3 is 0 Å². The summed E-state index contributed by atoms with van der Waals surface area (Å²) in [5.74, 6) is 0. The second-order valence-electron chi connectivity index (χ2n) is 5.81. The molecular weight excluding hydrogens is 980 g/mol. The highest BCUT2D eigenvalue weighted by Crippen LogP contribution is 2.74. The SMILES string of the molecule is ClC(Cl)(Cl)C(Cl)(Cl)C(Cl)(Cl)C(Cl)(Cl)C(Cl)(Cl)C(Cl)(Cl)C(Cl)(Cl)C(Cl)(Cl)C(Cl)(Cl)C(Cl)(Cl)Cl.O=S([O-])O. The number of hydrogen-bond donors (Lipinski definition) is 1. The topological polar surface area (TPSA) is 60.4 Å². The van der Waals surface area contributed by atoms with Crippen molar-refractivity contribution in [3.8, 4) is 0 Å². The van der Waals surface area contributed by atoms with E-state index < -0.39 is 53.6 Å². The standard InChI is InChI=1S/C10Cl22.H2O3S/c11-1(12,3(15,16)5(19,20)7(23,24)9(27,28)29)2(13,14)4(17,18)6(21,22)8(25,26)10(30,31)32;1-4(2)3/h;(H2,1,2,3)/p-1. The Hall–Kier alpha value is 6.45. The van der Waals surface area contributed by atoms with E-state index in [2.05, 4.69) is 0 Å². The van der Waals surface area contributed by atoms with Crippen LogP contribution in [0.5, 0.6) is 0 Å². The van der Waals surface area contributed by atoms with E-state index in [0.29, 0.717) is 0 Å². The molecule has 0 aliphatic rings. The van der Waals surface area contributed by atoms with Crippen molar-refractivity contribution < 1.29 is 13.3 Å². The Balaban J connectivity index is 0. The summed E-state index contributed by atoms with van der Waals surface area (Å²) >= 11 is 130. The molecule has 0 aromatic carbocycles. The van der Waals surface area contributed by atoms with Crippen molar-refractivity contribution in [1.82, 2.24) is 0 Å². The summed E-state index contributed by atoms with van der Waals surface area (Å²) in [6, 6.07) is 0. The number of alkyl halides is 22. The van der Waals surface area contributed by atoms with E-state index in [9.17, 15) is 0 Å². The lowest BCUT2D eigenvalue weighted by atomic mass is 10.0. The van der Waals surface area contributed by atoms with E-state index in [1.807, 2.05) is 0 Å². The fourth-order valence-electron chi connectivity index (χ4n) is 1.54. The van der Waals surface area contributed by atoms with Crippen LogP contribution in [-0.2, 0) is 11.4 Å². The number of hydrogen-bond acceptors (Lipinski definition) is 2. The van der Waals surface area contributed by atoms with Gasteiger partial charge in [-0.1, -0.05) is 255 Å². The summed E-state index contributed by atoms with van der Waals surface area (Å²) in [6.45, 7) is 0. The average Bonchev–Trinajstić information content (AvgIpc) is 2.57. The zero-order valence-corrected chi connectivity index (χ0v) is 32.4. The molecule has 0 aromatic heterocycles. The van der Waals surface area contributed by atoms with Crippen molar-refractivity contribution in [3.05, 3.63) is 0 Å². The van der Waals surface area contributed by atoms with Crippen LogP contribution in [0.4, 0.5) is 0 Å². The minimum atomic E-state index is -3.20. The largest absolute Gasteiger partial charge is 0.750 e. The fourth-order valence-corrected chi connectivity index (χ4v) is 8.10. The average molecular weight is 981 g/mol. The van der Waals surface area contributed by atoms with Crippen molar-refractivity contribution in [1.29, 1.82) is 0 Å². The maximum atomic E-state index is 8.56. The van der Waals surface area contributed by atoms with Crippen molar-refractivity contribution in [2.45, 2.75) is 42.3 Å². The summed E-state index contributed by atoms with van der Waals surface area (Å²) in [4.78, 5) is 0. The molecule has 26 heteroatoms. The van der Waals surface area contributed by atoms with Gasteiger partial charge in [0, 0.05) is 0 Å². The first-order valence-electron chi connectivity index (χ1n) is 6.92. The van der Waals surface area contributed by atoms with Gasteiger partial charge in [-0.25, -0.2) is 4.21 Å². The van der Waals surface area contributed by atoms with Crippen molar-refractivity contribution in [2.75, 3.05) is 0 Å². The minimum Gasteiger partial charge on any atom is -0.750 e. The number of rotatable bonds is 7. The maximum absolute atomic E-state index is 8.56. The molecule has 1 atom stereocenters. The van der Waals surface area contributed by atoms with E-state index in [0.717, 1.165) is 0 Å². The molecule has 1 unspecified atom stereocenters. The second-order valence-corrected chi connectivity index (χ2v) is 21.4. The molecule has 0 amide bonds. The molecule has 0 bridgehead atoms. The van der Waals surface area contributed by atoms with Gasteiger partial charge in [-0.2, -0.15) is 0 Å². The van der Waals surface area contributed by atoms with E-state index in [4.69, 9.17) is 269 Å². The monoisotopic (exact) mass is 970 g/mol. The molecule has 0 radical (unpaired) electrons. The highest BCUT2D eigenvalue weighted by Gasteiger charge is 2.83. The zero-order chi connectivity index (χ0) is 30.6. The predicted octanol–water partition coefficient (Wildman–Crippen LogP) is 12.5. The minimum absolute atomic E-state index is 2.68. The van der Waals surface area contributed by atoms with Gasteiger partial charge in [0.05, 0.1) is 11.4 Å². The molecule has 0 aromatic rings. The Kier molecular flexibility index (Phi) is 17.4. The van der Waals surface area contributed by atoms with Crippen LogP contribution in [-0.4, -0.2) is 55.6 Å². The Bertz CT molecular complexity index is 729. The molecule has 36 heavy (non-hydrogen) atoms. The molecule has 0 fully saturated rings. The van der Waals surface area contributed by atoms with Gasteiger partial charge in [-0.05, 0) is 0 Å². The summed E-state index contributed by atoms with van der Waals surface area (Å²) < 4.78 is -5.82. The first kappa shape index (κ1) is 44.6. The summed E-state index contributed by atoms with van der Waals surface area (Å²) in [7, 11) is 0. The van der Waals surface area contributed by atoms with Gasteiger partial charge in [0.2, 0.25) is 16.3 Å². The van der Waals surface area contributed by atoms with Crippen LogP contribution in [0, 0.1) is 0 Å². The van der Waals surface area contributed by atoms with Crippen molar-refractivity contribution in [2.24, 2.45) is 0 Å².